The van der Waals surface area contributed by atoms with Gasteiger partial charge >= 0.3 is 6.18 Å². The fourth-order valence-corrected chi connectivity index (χ4v) is 2.78. The molecule has 0 saturated carbocycles. The molecule has 1 aromatic heterocycles. The van der Waals surface area contributed by atoms with Crippen molar-refractivity contribution in [2.75, 3.05) is 13.2 Å². The Morgan fingerprint density at radius 2 is 1.83 bits per heavy atom. The van der Waals surface area contributed by atoms with Gasteiger partial charge in [-0.3, -0.25) is 0 Å². The number of rotatable bonds is 3. The maximum absolute atomic E-state index is 13.1. The zero-order chi connectivity index (χ0) is 16.4. The number of hydrogen-bond acceptors (Lipinski definition) is 3. The van der Waals surface area contributed by atoms with Gasteiger partial charge in [0.05, 0.1) is 0 Å². The van der Waals surface area contributed by atoms with Crippen LogP contribution in [0, 0.1) is 0 Å². The highest BCUT2D eigenvalue weighted by atomic mass is 19.4. The predicted octanol–water partition coefficient (Wildman–Crippen LogP) is 3.38. The highest BCUT2D eigenvalue weighted by Gasteiger charge is 2.36. The number of nitrogens with zero attached hydrogens (tertiary/aromatic N) is 2. The van der Waals surface area contributed by atoms with E-state index in [1.165, 1.54) is 0 Å². The molecule has 4 nitrogen and oxygen atoms in total. The molecule has 0 unspecified atom stereocenters. The van der Waals surface area contributed by atoms with E-state index in [-0.39, 0.29) is 6.04 Å². The molecule has 3 rings (SSSR count). The third-order valence-corrected chi connectivity index (χ3v) is 4.05. The summed E-state index contributed by atoms with van der Waals surface area (Å²) in [5.74, 6) is 0.341. The average molecular weight is 325 g/mol. The van der Waals surface area contributed by atoms with Crippen LogP contribution in [0.15, 0.2) is 30.5 Å². The lowest BCUT2D eigenvalue weighted by Crippen LogP contribution is -2.19. The maximum Gasteiger partial charge on any atom is 0.434 e. The second-order valence-electron chi connectivity index (χ2n) is 5.60. The maximum atomic E-state index is 13.1. The number of benzene rings is 1. The van der Waals surface area contributed by atoms with Crippen molar-refractivity contribution in [2.45, 2.75) is 31.6 Å². The summed E-state index contributed by atoms with van der Waals surface area (Å²) in [5.41, 5.74) is 6.29. The smallest absolute Gasteiger partial charge is 0.381 e. The van der Waals surface area contributed by atoms with Gasteiger partial charge in [0.2, 0.25) is 0 Å². The molecule has 2 aromatic rings. The van der Waals surface area contributed by atoms with Crippen LogP contribution in [0.2, 0.25) is 0 Å². The normalized spacial score (nSPS) is 16.7. The molecule has 1 saturated heterocycles. The minimum Gasteiger partial charge on any atom is -0.381 e. The summed E-state index contributed by atoms with van der Waals surface area (Å²) >= 11 is 0. The summed E-state index contributed by atoms with van der Waals surface area (Å²) in [7, 11) is 0. The highest BCUT2D eigenvalue weighted by Crippen LogP contribution is 2.34. The van der Waals surface area contributed by atoms with E-state index in [2.05, 4.69) is 4.98 Å². The third kappa shape index (κ3) is 3.40. The molecule has 1 aliphatic rings. The zero-order valence-corrected chi connectivity index (χ0v) is 12.5. The van der Waals surface area contributed by atoms with Gasteiger partial charge in [-0.2, -0.15) is 13.2 Å². The van der Waals surface area contributed by atoms with Gasteiger partial charge in [-0.25, -0.2) is 4.98 Å². The quantitative estimate of drug-likeness (QED) is 0.941. The number of ether oxygens (including phenoxy) is 1. The predicted molar refractivity (Wildman–Crippen MR) is 79.6 cm³/mol. The number of aromatic nitrogens is 2. The Morgan fingerprint density at radius 1 is 1.17 bits per heavy atom. The SMILES string of the molecule is NCc1ccc(-c2nc(C(F)(F)F)cn2C2CCOCC2)cc1. The van der Waals surface area contributed by atoms with Crippen LogP contribution in [0.3, 0.4) is 0 Å². The second-order valence-corrected chi connectivity index (χ2v) is 5.60. The lowest BCUT2D eigenvalue weighted by Gasteiger charge is -2.25. The molecule has 1 fully saturated rings. The van der Waals surface area contributed by atoms with E-state index in [0.29, 0.717) is 44.0 Å². The van der Waals surface area contributed by atoms with Crippen molar-refractivity contribution in [2.24, 2.45) is 5.73 Å². The Morgan fingerprint density at radius 3 is 2.39 bits per heavy atom. The molecule has 0 spiro atoms. The first kappa shape index (κ1) is 16.0. The second kappa shape index (κ2) is 6.33. The van der Waals surface area contributed by atoms with Crippen LogP contribution in [0.5, 0.6) is 0 Å². The fraction of sp³-hybridized carbons (Fsp3) is 0.438. The van der Waals surface area contributed by atoms with Crippen LogP contribution in [0.1, 0.15) is 30.1 Å². The molecule has 0 aliphatic carbocycles. The molecule has 0 amide bonds. The third-order valence-electron chi connectivity index (χ3n) is 4.05. The first-order chi connectivity index (χ1) is 11.0. The molecule has 0 radical (unpaired) electrons. The Kier molecular flexibility index (Phi) is 4.41. The Hall–Kier alpha value is -1.86. The van der Waals surface area contributed by atoms with E-state index in [1.807, 2.05) is 12.1 Å². The van der Waals surface area contributed by atoms with Gasteiger partial charge in [0.25, 0.3) is 0 Å². The van der Waals surface area contributed by atoms with Gasteiger partial charge in [0, 0.05) is 37.6 Å². The van der Waals surface area contributed by atoms with Crippen LogP contribution < -0.4 is 5.73 Å². The van der Waals surface area contributed by atoms with Crippen LogP contribution >= 0.6 is 0 Å². The van der Waals surface area contributed by atoms with Crippen LogP contribution in [0.25, 0.3) is 11.4 Å². The first-order valence-electron chi connectivity index (χ1n) is 7.52. The molecule has 2 heterocycles. The summed E-state index contributed by atoms with van der Waals surface area (Å²) in [5, 5.41) is 0. The van der Waals surface area contributed by atoms with Crippen LogP contribution in [0.4, 0.5) is 13.2 Å². The first-order valence-corrected chi connectivity index (χ1v) is 7.52. The van der Waals surface area contributed by atoms with E-state index in [1.54, 1.807) is 16.7 Å². The van der Waals surface area contributed by atoms with Gasteiger partial charge in [0.1, 0.15) is 5.82 Å². The summed E-state index contributed by atoms with van der Waals surface area (Å²) in [6.07, 6.45) is -1.98. The zero-order valence-electron chi connectivity index (χ0n) is 12.5. The van der Waals surface area contributed by atoms with E-state index in [4.69, 9.17) is 10.5 Å². The topological polar surface area (TPSA) is 53.1 Å². The van der Waals surface area contributed by atoms with Gasteiger partial charge < -0.3 is 15.0 Å². The minimum atomic E-state index is -4.46. The van der Waals surface area contributed by atoms with Crippen molar-refractivity contribution in [1.82, 2.24) is 9.55 Å². The number of imidazole rings is 1. The molecular weight excluding hydrogens is 307 g/mol. The number of hydrogen-bond donors (Lipinski definition) is 1. The van der Waals surface area contributed by atoms with E-state index in [9.17, 15) is 13.2 Å². The van der Waals surface area contributed by atoms with Crippen LogP contribution in [-0.2, 0) is 17.5 Å². The molecular formula is C16H18F3N3O. The summed E-state index contributed by atoms with van der Waals surface area (Å²) in [4.78, 5) is 3.85. The molecule has 23 heavy (non-hydrogen) atoms. The Labute approximate surface area is 132 Å². The van der Waals surface area contributed by atoms with Gasteiger partial charge in [0.15, 0.2) is 5.69 Å². The molecule has 1 aromatic carbocycles. The summed E-state index contributed by atoms with van der Waals surface area (Å²) < 4.78 is 46.1. The van der Waals surface area contributed by atoms with Crippen molar-refractivity contribution >= 4 is 0 Å². The fourth-order valence-electron chi connectivity index (χ4n) is 2.78. The van der Waals surface area contributed by atoms with Gasteiger partial charge in [-0.05, 0) is 18.4 Å². The standard InChI is InChI=1S/C16H18F3N3O/c17-16(18,19)14-10-22(13-5-7-23-8-6-13)15(21-14)12-3-1-11(9-20)2-4-12/h1-4,10,13H,5-9,20H2. The lowest BCUT2D eigenvalue weighted by atomic mass is 10.1. The van der Waals surface area contributed by atoms with Crippen molar-refractivity contribution < 1.29 is 17.9 Å². The molecule has 0 atom stereocenters. The molecule has 124 valence electrons. The summed E-state index contributed by atoms with van der Waals surface area (Å²) in [6, 6.07) is 7.12. The Bertz CT molecular complexity index is 658. The number of nitrogens with two attached hydrogens (primary N) is 1. The highest BCUT2D eigenvalue weighted by molar-refractivity contribution is 5.57. The molecule has 0 bridgehead atoms. The Balaban J connectivity index is 2.03. The van der Waals surface area contributed by atoms with Crippen molar-refractivity contribution in [3.05, 3.63) is 41.7 Å². The van der Waals surface area contributed by atoms with E-state index in [0.717, 1.165) is 11.8 Å². The van der Waals surface area contributed by atoms with Crippen LogP contribution in [-0.4, -0.2) is 22.8 Å². The van der Waals surface area contributed by atoms with Crippen molar-refractivity contribution in [1.29, 1.82) is 0 Å². The number of halogens is 3. The van der Waals surface area contributed by atoms with Gasteiger partial charge in [-0.1, -0.05) is 24.3 Å². The molecule has 1 aliphatic heterocycles. The summed E-state index contributed by atoms with van der Waals surface area (Å²) in [6.45, 7) is 1.49. The average Bonchev–Trinajstić information content (AvgIpc) is 3.01. The van der Waals surface area contributed by atoms with E-state index >= 15 is 0 Å². The number of alkyl halides is 3. The van der Waals surface area contributed by atoms with Gasteiger partial charge in [-0.15, -0.1) is 0 Å². The van der Waals surface area contributed by atoms with Crippen molar-refractivity contribution in [3.63, 3.8) is 0 Å². The minimum absolute atomic E-state index is 0.0310. The lowest BCUT2D eigenvalue weighted by molar-refractivity contribution is -0.140. The van der Waals surface area contributed by atoms with Crippen molar-refractivity contribution in [3.8, 4) is 11.4 Å². The molecule has 7 heteroatoms. The largest absolute Gasteiger partial charge is 0.434 e. The monoisotopic (exact) mass is 325 g/mol. The van der Waals surface area contributed by atoms with E-state index < -0.39 is 11.9 Å². The molecule has 2 N–H and O–H groups in total.